The fourth-order valence-electron chi connectivity index (χ4n) is 15.6. The molecule has 0 aromatic carbocycles. The minimum absolute atomic E-state index is 0.00481. The lowest BCUT2D eigenvalue weighted by Gasteiger charge is -2.47. The van der Waals surface area contributed by atoms with Crippen molar-refractivity contribution in [2.75, 3.05) is 75.7 Å². The van der Waals surface area contributed by atoms with E-state index in [1.807, 2.05) is 53.9 Å². The van der Waals surface area contributed by atoms with Crippen molar-refractivity contribution < 1.29 is 105 Å². The molecule has 6 heterocycles. The Bertz CT molecular complexity index is 2790. The van der Waals surface area contributed by atoms with Crippen LogP contribution >= 0.6 is 0 Å². The van der Waals surface area contributed by atoms with Crippen molar-refractivity contribution in [3.63, 3.8) is 0 Å². The Morgan fingerprint density at radius 3 is 1.27 bits per heavy atom. The molecule has 6 rings (SSSR count). The number of ether oxygens (including phenoxy) is 10. The lowest BCUT2D eigenvalue weighted by atomic mass is 9.75. The van der Waals surface area contributed by atoms with Crippen molar-refractivity contribution in [2.45, 2.75) is 294 Å². The number of alkyl halides is 2. The van der Waals surface area contributed by atoms with Crippen LogP contribution in [-0.4, -0.2) is 266 Å². The highest BCUT2D eigenvalue weighted by Gasteiger charge is 2.63. The van der Waals surface area contributed by atoms with E-state index in [0.29, 0.717) is 32.1 Å². The number of aliphatic hydroxyl groups is 2. The Morgan fingerprint density at radius 2 is 0.931 bits per heavy atom. The number of unbranched alkanes of at least 4 members (excludes halogenated alkanes) is 2. The number of rotatable bonds is 20. The SMILES string of the molecule is CC[C@H]1OC(=O)[C@@](C)(F)C(=O)[C@H](C)[C@@H](O[C@@H]2OC(C)CC(N(C)C)C2C)[C@](C)(OC)C[C@@H](C)C(=O)C[C@H]2N(CCCCN=[N+]=[N-])C(=O)O[C@]12C.CC[C@H]1OC(=O)[C@@](C)(F)C(=O)[C@H](C)[C@@H](O[C@@H]2OC(C)CC(N(C)C)C2O)[C@](C)(OC)C[C@@H](C)C(=O)C[C@H]2N(CCCCN=[N+]=[N-])C(=O)O[C@]12C.CO. The van der Waals surface area contributed by atoms with Crippen LogP contribution in [0, 0.1) is 29.6 Å². The van der Waals surface area contributed by atoms with Gasteiger partial charge in [-0.3, -0.25) is 19.2 Å². The van der Waals surface area contributed by atoms with Gasteiger partial charge in [-0.05, 0) is 159 Å². The molecule has 6 aliphatic heterocycles. The number of carbonyl (C=O) groups excluding carboxylic acids is 8. The summed E-state index contributed by atoms with van der Waals surface area (Å²) >= 11 is 0. The normalized spacial score (nSPS) is 39.8. The first-order valence-electron chi connectivity index (χ1n) is 35.7. The Hall–Kier alpha value is -5.76. The summed E-state index contributed by atoms with van der Waals surface area (Å²) in [7, 11) is 11.4. The lowest BCUT2D eigenvalue weighted by Crippen LogP contribution is -2.61. The van der Waals surface area contributed by atoms with Crippen LogP contribution in [0.25, 0.3) is 20.9 Å². The molecule has 0 bridgehead atoms. The van der Waals surface area contributed by atoms with Crippen molar-refractivity contribution in [2.24, 2.45) is 39.8 Å². The molecular formula is C70H118F2N10O20. The lowest BCUT2D eigenvalue weighted by molar-refractivity contribution is -0.295. The number of fused-ring (bicyclic) bond motifs is 2. The number of likely N-dealkylation sites (N-methyl/N-ethyl adjacent to an activating group) is 1. The predicted octanol–water partition coefficient (Wildman–Crippen LogP) is 9.14. The maximum atomic E-state index is 16.7. The van der Waals surface area contributed by atoms with Crippen LogP contribution in [0.5, 0.6) is 0 Å². The molecular weight excluding hydrogens is 1340 g/mol. The highest BCUT2D eigenvalue weighted by atomic mass is 19.1. The number of methoxy groups -OCH3 is 2. The molecule has 582 valence electrons. The number of cyclic esters (lactones) is 2. The van der Waals surface area contributed by atoms with Gasteiger partial charge in [0.2, 0.25) is 0 Å². The third-order valence-electron chi connectivity index (χ3n) is 22.0. The van der Waals surface area contributed by atoms with Gasteiger partial charge in [-0.2, -0.15) is 0 Å². The smallest absolute Gasteiger partial charge is 0.410 e. The van der Waals surface area contributed by atoms with E-state index in [-0.39, 0.29) is 106 Å². The summed E-state index contributed by atoms with van der Waals surface area (Å²) in [5, 5.41) is 25.4. The highest BCUT2D eigenvalue weighted by molar-refractivity contribution is 6.08. The van der Waals surface area contributed by atoms with E-state index in [2.05, 4.69) is 25.0 Å². The summed E-state index contributed by atoms with van der Waals surface area (Å²) in [6.45, 7) is 24.4. The second-order valence-electron chi connectivity index (χ2n) is 30.0. The molecule has 2 N–H and O–H groups in total. The molecule has 32 heteroatoms. The molecule has 0 aliphatic carbocycles. The van der Waals surface area contributed by atoms with Crippen molar-refractivity contribution in [1.29, 1.82) is 0 Å². The largest absolute Gasteiger partial charge is 0.455 e. The molecule has 2 amide bonds. The van der Waals surface area contributed by atoms with E-state index in [1.54, 1.807) is 55.4 Å². The van der Waals surface area contributed by atoms with Gasteiger partial charge < -0.3 is 77.2 Å². The zero-order valence-electron chi connectivity index (χ0n) is 64.2. The summed E-state index contributed by atoms with van der Waals surface area (Å²) in [4.78, 5) is 123. The van der Waals surface area contributed by atoms with Crippen LogP contribution in [0.3, 0.4) is 0 Å². The van der Waals surface area contributed by atoms with Crippen LogP contribution in [0.15, 0.2) is 10.2 Å². The Labute approximate surface area is 600 Å². The fourth-order valence-corrected chi connectivity index (χ4v) is 15.6. The number of nitrogens with zero attached hydrogens (tertiary/aromatic N) is 10. The quantitative estimate of drug-likeness (QED) is 0.0218. The third kappa shape index (κ3) is 20.0. The highest BCUT2D eigenvalue weighted by Crippen LogP contribution is 2.46. The molecule has 0 radical (unpaired) electrons. The number of halogens is 2. The van der Waals surface area contributed by atoms with Crippen LogP contribution < -0.4 is 0 Å². The molecule has 0 spiro atoms. The van der Waals surface area contributed by atoms with Gasteiger partial charge in [0.1, 0.15) is 29.9 Å². The van der Waals surface area contributed by atoms with Crippen LogP contribution in [0.4, 0.5) is 18.4 Å². The van der Waals surface area contributed by atoms with Gasteiger partial charge in [-0.15, -0.1) is 0 Å². The zero-order chi connectivity index (χ0) is 77.5. The first-order valence-corrected chi connectivity index (χ1v) is 35.7. The number of hydrogen-bond acceptors (Lipinski definition) is 24. The number of ketones is 4. The molecule has 6 unspecified atom stereocenters. The third-order valence-corrected chi connectivity index (χ3v) is 22.0. The standard InChI is InChI=1S/C35H58FN5O9.C34H56FN5O10.CH4O/c1-12-27-35(8)26(41(32(45)50-35)16-14-13-15-38-39-37)18-25(42)20(2)19-33(6,46-11)29(23(5)28(43)34(7,36)31(44)48-27)49-30-22(4)24(40(9)10)17-21(3)47-30;1-11-25-34(7)24(40(31(45)50-34)15-13-12-14-37-38-36)17-23(41)19(2)18-32(5,46-10)28(21(4)27(43)33(6,35)30(44)48-25)49-29-26(42)22(39(8)9)16-20(3)47-29;1-2/h20-24,26-27,29-30H,12-19H2,1-11H3;19-22,24-26,28-29,42H,11-18H2,1-10H3;2H,1H3/t20-,21?,22?,23+,24?,26-,27-,29-,30+,33-,34+,35+;19-,20?,21+,22?,24-,25-,26?,28-,29+,32-,33+,34+;/m11./s1. The van der Waals surface area contributed by atoms with E-state index in [4.69, 9.17) is 63.5 Å². The number of esters is 2. The van der Waals surface area contributed by atoms with Gasteiger partial charge in [0.25, 0.3) is 11.3 Å². The summed E-state index contributed by atoms with van der Waals surface area (Å²) in [6.07, 6.45) is -6.99. The van der Waals surface area contributed by atoms with Gasteiger partial charge in [0.05, 0.1) is 47.7 Å². The van der Waals surface area contributed by atoms with Crippen LogP contribution in [0.1, 0.15) is 181 Å². The molecule has 102 heavy (non-hydrogen) atoms. The topological polar surface area (TPSA) is 380 Å². The first-order chi connectivity index (χ1) is 47.6. The number of azide groups is 2. The Balaban J connectivity index is 0.000000422. The molecule has 6 aliphatic rings. The number of aliphatic hydroxyl groups excluding tert-OH is 2. The molecule has 6 saturated heterocycles. The molecule has 0 saturated carbocycles. The van der Waals surface area contributed by atoms with Gasteiger partial charge >= 0.3 is 24.1 Å². The zero-order valence-corrected chi connectivity index (χ0v) is 64.2. The predicted molar refractivity (Wildman–Crippen MR) is 369 cm³/mol. The molecule has 6 fully saturated rings. The summed E-state index contributed by atoms with van der Waals surface area (Å²) in [5.41, 5.74) is 5.08. The number of hydrogen-bond donors (Lipinski definition) is 2. The van der Waals surface area contributed by atoms with Crippen molar-refractivity contribution >= 4 is 47.3 Å². The van der Waals surface area contributed by atoms with Crippen molar-refractivity contribution in [3.05, 3.63) is 20.9 Å². The summed E-state index contributed by atoms with van der Waals surface area (Å²) in [6, 6.07) is -2.07. The number of amides is 2. The average Bonchev–Trinajstić information content (AvgIpc) is 1.49. The van der Waals surface area contributed by atoms with Crippen LogP contribution in [0.2, 0.25) is 0 Å². The number of Topliss-reactive ketones (excluding diaryl/α,β-unsaturated/α-hetero) is 4. The molecule has 0 aromatic heterocycles. The van der Waals surface area contributed by atoms with E-state index < -0.39 is 148 Å². The maximum Gasteiger partial charge on any atom is 0.410 e. The first kappa shape index (κ1) is 88.6. The van der Waals surface area contributed by atoms with E-state index in [0.717, 1.165) is 27.4 Å². The van der Waals surface area contributed by atoms with Crippen molar-refractivity contribution in [3.8, 4) is 0 Å². The van der Waals surface area contributed by atoms with Gasteiger partial charge in [0, 0.05) is 112 Å². The van der Waals surface area contributed by atoms with Gasteiger partial charge in [-0.1, -0.05) is 58.7 Å². The molecule has 0 aromatic rings. The van der Waals surface area contributed by atoms with E-state index in [1.165, 1.54) is 37.9 Å². The molecule has 24 atom stereocenters. The second-order valence-corrected chi connectivity index (χ2v) is 30.0. The van der Waals surface area contributed by atoms with E-state index in [9.17, 15) is 43.5 Å². The fraction of sp³-hybridized carbons (Fsp3) is 0.886. The van der Waals surface area contributed by atoms with Crippen molar-refractivity contribution in [1.82, 2.24) is 19.6 Å². The van der Waals surface area contributed by atoms with E-state index >= 15 is 8.78 Å². The maximum absolute atomic E-state index is 16.7. The average molecular weight is 1460 g/mol. The van der Waals surface area contributed by atoms with Gasteiger partial charge in [0.15, 0.2) is 35.3 Å². The van der Waals surface area contributed by atoms with Crippen LogP contribution in [-0.2, 0) is 76.1 Å². The summed E-state index contributed by atoms with van der Waals surface area (Å²) < 4.78 is 93.8. The Kier molecular flexibility index (Phi) is 32.6. The summed E-state index contributed by atoms with van der Waals surface area (Å²) in [5.74, 6) is -9.75. The second kappa shape index (κ2) is 37.5. The number of carbonyl (C=O) groups is 8. The monoisotopic (exact) mass is 1460 g/mol. The molecule has 30 nitrogen and oxygen atoms in total. The minimum Gasteiger partial charge on any atom is -0.455 e. The minimum atomic E-state index is -3.17. The van der Waals surface area contributed by atoms with Gasteiger partial charge in [-0.25, -0.2) is 28.0 Å². The Morgan fingerprint density at radius 1 is 0.578 bits per heavy atom.